The smallest absolute Gasteiger partial charge is 0.223 e. The van der Waals surface area contributed by atoms with E-state index in [2.05, 4.69) is 29.2 Å². The molecule has 1 fully saturated rings. The van der Waals surface area contributed by atoms with Crippen LogP contribution >= 0.6 is 0 Å². The molecule has 0 bridgehead atoms. The van der Waals surface area contributed by atoms with Crippen molar-refractivity contribution in [2.24, 2.45) is 0 Å². The largest absolute Gasteiger partial charge is 0.340 e. The summed E-state index contributed by atoms with van der Waals surface area (Å²) in [6.45, 7) is 5.12. The van der Waals surface area contributed by atoms with Crippen LogP contribution in [0.2, 0.25) is 0 Å². The van der Waals surface area contributed by atoms with E-state index in [0.29, 0.717) is 31.2 Å². The van der Waals surface area contributed by atoms with Crippen LogP contribution in [0.15, 0.2) is 28.8 Å². The number of aromatic nitrogens is 2. The van der Waals surface area contributed by atoms with E-state index in [0.717, 1.165) is 5.56 Å². The molecule has 104 valence electrons. The van der Waals surface area contributed by atoms with Crippen molar-refractivity contribution in [2.75, 3.05) is 6.54 Å². The predicted octanol–water partition coefficient (Wildman–Crippen LogP) is 2.20. The maximum Gasteiger partial charge on any atom is 0.223 e. The van der Waals surface area contributed by atoms with Gasteiger partial charge in [0.25, 0.3) is 0 Å². The molecule has 2 heterocycles. The molecule has 1 atom stereocenters. The number of benzene rings is 1. The van der Waals surface area contributed by atoms with Gasteiger partial charge in [0.2, 0.25) is 11.8 Å². The molecule has 3 rings (SSSR count). The Morgan fingerprint density at radius 1 is 1.40 bits per heavy atom. The van der Waals surface area contributed by atoms with Crippen LogP contribution in [0.1, 0.15) is 35.2 Å². The van der Waals surface area contributed by atoms with E-state index in [1.807, 2.05) is 17.0 Å². The number of nitrogens with zero attached hydrogens (tertiary/aromatic N) is 3. The van der Waals surface area contributed by atoms with E-state index < -0.39 is 0 Å². The number of carbonyl (C=O) groups is 1. The van der Waals surface area contributed by atoms with E-state index in [1.54, 1.807) is 6.92 Å². The second-order valence-corrected chi connectivity index (χ2v) is 5.34. The normalized spacial score (nSPS) is 18.8. The van der Waals surface area contributed by atoms with Crippen molar-refractivity contribution in [1.29, 1.82) is 0 Å². The van der Waals surface area contributed by atoms with Gasteiger partial charge in [-0.25, -0.2) is 0 Å². The Kier molecular flexibility index (Phi) is 3.26. The lowest BCUT2D eigenvalue weighted by Crippen LogP contribution is -2.24. The minimum atomic E-state index is 0.0461. The van der Waals surface area contributed by atoms with Crippen molar-refractivity contribution in [3.8, 4) is 0 Å². The molecule has 5 heteroatoms. The van der Waals surface area contributed by atoms with E-state index in [1.165, 1.54) is 5.56 Å². The van der Waals surface area contributed by atoms with Crippen molar-refractivity contribution >= 4 is 5.91 Å². The first-order chi connectivity index (χ1) is 9.61. The molecule has 0 saturated carbocycles. The van der Waals surface area contributed by atoms with Crippen LogP contribution in [0.5, 0.6) is 0 Å². The Bertz CT molecular complexity index is 636. The van der Waals surface area contributed by atoms with E-state index in [-0.39, 0.29) is 11.8 Å². The molecular weight excluding hydrogens is 254 g/mol. The van der Waals surface area contributed by atoms with E-state index >= 15 is 0 Å². The van der Waals surface area contributed by atoms with Gasteiger partial charge in [-0.3, -0.25) is 4.79 Å². The highest BCUT2D eigenvalue weighted by Gasteiger charge is 2.33. The first kappa shape index (κ1) is 12.8. The zero-order valence-electron chi connectivity index (χ0n) is 11.7. The summed E-state index contributed by atoms with van der Waals surface area (Å²) in [7, 11) is 0. The molecule has 1 amide bonds. The van der Waals surface area contributed by atoms with Gasteiger partial charge in [-0.2, -0.15) is 4.98 Å². The van der Waals surface area contributed by atoms with Crippen LogP contribution in [0.25, 0.3) is 0 Å². The van der Waals surface area contributed by atoms with E-state index in [9.17, 15) is 4.79 Å². The van der Waals surface area contributed by atoms with Gasteiger partial charge in [0.15, 0.2) is 5.82 Å². The second kappa shape index (κ2) is 5.07. The van der Waals surface area contributed by atoms with Gasteiger partial charge in [-0.05, 0) is 12.5 Å². The summed E-state index contributed by atoms with van der Waals surface area (Å²) in [4.78, 5) is 18.2. The molecule has 5 nitrogen and oxygen atoms in total. The minimum absolute atomic E-state index is 0.0461. The van der Waals surface area contributed by atoms with Gasteiger partial charge in [0, 0.05) is 32.4 Å². The van der Waals surface area contributed by atoms with Gasteiger partial charge in [-0.1, -0.05) is 35.0 Å². The lowest BCUT2D eigenvalue weighted by atomic mass is 10.1. The van der Waals surface area contributed by atoms with Gasteiger partial charge >= 0.3 is 0 Å². The molecule has 0 radical (unpaired) electrons. The van der Waals surface area contributed by atoms with Crippen LogP contribution < -0.4 is 0 Å². The quantitative estimate of drug-likeness (QED) is 0.858. The van der Waals surface area contributed by atoms with Gasteiger partial charge in [-0.15, -0.1) is 0 Å². The number of hydrogen-bond donors (Lipinski definition) is 0. The molecule has 1 saturated heterocycles. The molecule has 2 aromatic rings. The Morgan fingerprint density at radius 3 is 2.95 bits per heavy atom. The first-order valence-electron chi connectivity index (χ1n) is 6.75. The predicted molar refractivity (Wildman–Crippen MR) is 73.0 cm³/mol. The van der Waals surface area contributed by atoms with Crippen molar-refractivity contribution in [3.05, 3.63) is 47.1 Å². The number of carbonyl (C=O) groups excluding carboxylic acids is 1. The number of amides is 1. The molecule has 1 aliphatic heterocycles. The van der Waals surface area contributed by atoms with E-state index in [4.69, 9.17) is 4.52 Å². The summed E-state index contributed by atoms with van der Waals surface area (Å²) < 4.78 is 4.99. The Balaban J connectivity index is 1.71. The van der Waals surface area contributed by atoms with Crippen molar-refractivity contribution in [3.63, 3.8) is 0 Å². The summed E-state index contributed by atoms with van der Waals surface area (Å²) in [6, 6.07) is 8.23. The van der Waals surface area contributed by atoms with Crippen LogP contribution in [-0.4, -0.2) is 27.5 Å². The number of rotatable bonds is 3. The third-order valence-electron chi connectivity index (χ3n) is 3.58. The fourth-order valence-corrected chi connectivity index (χ4v) is 2.61. The van der Waals surface area contributed by atoms with Gasteiger partial charge < -0.3 is 9.42 Å². The summed E-state index contributed by atoms with van der Waals surface area (Å²) in [5.74, 6) is 1.39. The zero-order valence-corrected chi connectivity index (χ0v) is 11.7. The van der Waals surface area contributed by atoms with Crippen LogP contribution in [0, 0.1) is 13.8 Å². The lowest BCUT2D eigenvalue weighted by molar-refractivity contribution is -0.128. The monoisotopic (exact) mass is 271 g/mol. The van der Waals surface area contributed by atoms with Crippen LogP contribution in [0.4, 0.5) is 0 Å². The zero-order chi connectivity index (χ0) is 14.1. The summed E-state index contributed by atoms with van der Waals surface area (Å²) in [5, 5.41) is 3.92. The van der Waals surface area contributed by atoms with Crippen LogP contribution in [0.3, 0.4) is 0 Å². The Morgan fingerprint density at radius 2 is 2.25 bits per heavy atom. The molecule has 1 aromatic heterocycles. The third-order valence-corrected chi connectivity index (χ3v) is 3.58. The van der Waals surface area contributed by atoms with Gasteiger partial charge in [0.1, 0.15) is 0 Å². The highest BCUT2D eigenvalue weighted by molar-refractivity contribution is 5.79. The molecule has 0 aliphatic carbocycles. The van der Waals surface area contributed by atoms with Gasteiger partial charge in [0.05, 0.1) is 0 Å². The maximum absolute atomic E-state index is 12.1. The average molecular weight is 271 g/mol. The Hall–Kier alpha value is -2.17. The standard InChI is InChI=1S/C15H17N3O2/c1-10-4-3-5-12(6-10)8-18-9-13(7-14(18)19)15-16-11(2)20-17-15/h3-6,13H,7-9H2,1-2H3. The molecule has 20 heavy (non-hydrogen) atoms. The molecule has 1 aromatic carbocycles. The number of likely N-dealkylation sites (tertiary alicyclic amines) is 1. The third kappa shape index (κ3) is 2.57. The SMILES string of the molecule is Cc1cccc(CN2CC(c3noc(C)n3)CC2=O)c1. The van der Waals surface area contributed by atoms with Crippen molar-refractivity contribution in [2.45, 2.75) is 32.7 Å². The molecule has 0 N–H and O–H groups in total. The van der Waals surface area contributed by atoms with Crippen molar-refractivity contribution < 1.29 is 9.32 Å². The number of hydrogen-bond acceptors (Lipinski definition) is 4. The molecule has 1 unspecified atom stereocenters. The first-order valence-corrected chi connectivity index (χ1v) is 6.75. The summed E-state index contributed by atoms with van der Waals surface area (Å²) >= 11 is 0. The van der Waals surface area contributed by atoms with Crippen LogP contribution in [-0.2, 0) is 11.3 Å². The summed E-state index contributed by atoms with van der Waals surface area (Å²) in [5.41, 5.74) is 2.36. The highest BCUT2D eigenvalue weighted by atomic mass is 16.5. The maximum atomic E-state index is 12.1. The second-order valence-electron chi connectivity index (χ2n) is 5.34. The number of aryl methyl sites for hydroxylation is 2. The summed E-state index contributed by atoms with van der Waals surface area (Å²) in [6.07, 6.45) is 0.463. The minimum Gasteiger partial charge on any atom is -0.340 e. The molecular formula is C15H17N3O2. The average Bonchev–Trinajstić information content (AvgIpc) is 2.97. The molecule has 0 spiro atoms. The fraction of sp³-hybridized carbons (Fsp3) is 0.400. The Labute approximate surface area is 117 Å². The highest BCUT2D eigenvalue weighted by Crippen LogP contribution is 2.27. The fourth-order valence-electron chi connectivity index (χ4n) is 2.61. The van der Waals surface area contributed by atoms with Crippen molar-refractivity contribution in [1.82, 2.24) is 15.0 Å². The lowest BCUT2D eigenvalue weighted by Gasteiger charge is -2.16. The molecule has 1 aliphatic rings. The topological polar surface area (TPSA) is 59.2 Å².